The highest BCUT2D eigenvalue weighted by molar-refractivity contribution is 5.84. The van der Waals surface area contributed by atoms with E-state index in [1.165, 1.54) is 0 Å². The van der Waals surface area contributed by atoms with Gasteiger partial charge >= 0.3 is 0 Å². The summed E-state index contributed by atoms with van der Waals surface area (Å²) in [6.45, 7) is 2.99. The van der Waals surface area contributed by atoms with E-state index in [9.17, 15) is 9.90 Å². The van der Waals surface area contributed by atoms with Gasteiger partial charge in [-0.3, -0.25) is 0 Å². The largest absolute Gasteiger partial charge is 0.545 e. The monoisotopic (exact) mass is 173 g/mol. The van der Waals surface area contributed by atoms with Crippen LogP contribution < -0.4 is 5.11 Å². The van der Waals surface area contributed by atoms with Gasteiger partial charge in [0.05, 0.1) is 5.97 Å². The van der Waals surface area contributed by atoms with Crippen LogP contribution in [0.2, 0.25) is 0 Å². The Morgan fingerprint density at radius 2 is 2.08 bits per heavy atom. The van der Waals surface area contributed by atoms with Gasteiger partial charge in [-0.25, -0.2) is 0 Å². The summed E-state index contributed by atoms with van der Waals surface area (Å²) in [6.07, 6.45) is 0.872. The smallest absolute Gasteiger partial charge is 0.0672 e. The molecule has 0 amide bonds. The molecular weight excluding hydrogens is 160 g/mol. The molecule has 0 aliphatic carbocycles. The Kier molecular flexibility index (Phi) is 5.32. The number of carboxylic acid groups (broad SMARTS) is 1. The first kappa shape index (κ1) is 11.1. The summed E-state index contributed by atoms with van der Waals surface area (Å²) >= 11 is 0. The lowest BCUT2D eigenvalue weighted by molar-refractivity contribution is -0.300. The zero-order valence-electron chi connectivity index (χ0n) is 6.82. The fourth-order valence-corrected chi connectivity index (χ4v) is 0.880. The van der Waals surface area contributed by atoms with E-state index in [-0.39, 0.29) is 18.8 Å². The number of aliphatic hydroxyl groups is 2. The lowest BCUT2D eigenvalue weighted by atomic mass is 9.96. The summed E-state index contributed by atoms with van der Waals surface area (Å²) in [4.78, 5) is 10.3. The second-order valence-electron chi connectivity index (χ2n) is 2.56. The topological polar surface area (TPSA) is 80.6 Å². The molecule has 0 aromatic heterocycles. The average molecular weight is 173 g/mol. The molecule has 0 aliphatic heterocycles. The Balaban J connectivity index is 3.96. The molecule has 0 aromatic rings. The van der Waals surface area contributed by atoms with Crippen LogP contribution in [0.5, 0.6) is 0 Å². The van der Waals surface area contributed by atoms with Crippen molar-refractivity contribution in [1.82, 2.24) is 0 Å². The van der Waals surface area contributed by atoms with Crippen LogP contribution >= 0.6 is 0 Å². The molecule has 0 bridgehead atoms. The van der Waals surface area contributed by atoms with E-state index in [1.54, 1.807) is 0 Å². The minimum Gasteiger partial charge on any atom is -0.545 e. The first-order chi connectivity index (χ1) is 5.63. The molecule has 0 saturated carbocycles. The molecule has 0 heterocycles. The van der Waals surface area contributed by atoms with Gasteiger partial charge < -0.3 is 20.1 Å². The maximum absolute atomic E-state index is 10.3. The van der Waals surface area contributed by atoms with Crippen molar-refractivity contribution in [3.05, 3.63) is 12.2 Å². The van der Waals surface area contributed by atoms with Crippen molar-refractivity contribution >= 4 is 5.97 Å². The predicted molar refractivity (Wildman–Crippen MR) is 41.0 cm³/mol. The summed E-state index contributed by atoms with van der Waals surface area (Å²) < 4.78 is 0. The van der Waals surface area contributed by atoms with Crippen molar-refractivity contribution in [2.24, 2.45) is 5.92 Å². The Bertz CT molecular complexity index is 164. The molecule has 2 N–H and O–H groups in total. The summed E-state index contributed by atoms with van der Waals surface area (Å²) in [5.41, 5.74) is -0.106. The van der Waals surface area contributed by atoms with Crippen LogP contribution in [0.4, 0.5) is 0 Å². The third-order valence-electron chi connectivity index (χ3n) is 1.69. The summed E-state index contributed by atoms with van der Waals surface area (Å²) in [6, 6.07) is 0. The van der Waals surface area contributed by atoms with Crippen LogP contribution in [-0.4, -0.2) is 29.4 Å². The Morgan fingerprint density at radius 3 is 2.42 bits per heavy atom. The third kappa shape index (κ3) is 3.50. The van der Waals surface area contributed by atoms with Gasteiger partial charge in [-0.15, -0.1) is 0 Å². The summed E-state index contributed by atoms with van der Waals surface area (Å²) in [7, 11) is 0. The number of hydrogen-bond acceptors (Lipinski definition) is 4. The number of carbonyl (C=O) groups excluding carboxylic acids is 1. The van der Waals surface area contributed by atoms with Gasteiger partial charge in [-0.05, 0) is 18.4 Å². The molecule has 4 heteroatoms. The van der Waals surface area contributed by atoms with Crippen molar-refractivity contribution in [2.75, 3.05) is 13.2 Å². The highest BCUT2D eigenvalue weighted by atomic mass is 16.4. The molecule has 4 nitrogen and oxygen atoms in total. The number of carbonyl (C=O) groups is 1. The number of rotatable bonds is 6. The molecule has 12 heavy (non-hydrogen) atoms. The normalized spacial score (nSPS) is 12.5. The zero-order chi connectivity index (χ0) is 9.56. The predicted octanol–water partition coefficient (Wildman–Crippen LogP) is -1.33. The van der Waals surface area contributed by atoms with E-state index in [2.05, 4.69) is 6.58 Å². The fraction of sp³-hybridized carbons (Fsp3) is 0.625. The fourth-order valence-electron chi connectivity index (χ4n) is 0.880. The van der Waals surface area contributed by atoms with Crippen LogP contribution in [0.1, 0.15) is 12.8 Å². The zero-order valence-corrected chi connectivity index (χ0v) is 6.82. The number of hydrogen-bond donors (Lipinski definition) is 2. The molecule has 0 spiro atoms. The van der Waals surface area contributed by atoms with Crippen molar-refractivity contribution in [1.29, 1.82) is 0 Å². The SMILES string of the molecule is C=C(C(=O)[O-])C(CO)CCCO. The molecule has 0 aromatic carbocycles. The van der Waals surface area contributed by atoms with Crippen molar-refractivity contribution in [2.45, 2.75) is 12.8 Å². The maximum atomic E-state index is 10.3. The van der Waals surface area contributed by atoms with Gasteiger partial charge in [0.15, 0.2) is 0 Å². The summed E-state index contributed by atoms with van der Waals surface area (Å²) in [5, 5.41) is 27.5. The van der Waals surface area contributed by atoms with E-state index >= 15 is 0 Å². The van der Waals surface area contributed by atoms with Crippen LogP contribution in [-0.2, 0) is 4.79 Å². The number of carboxylic acids is 1. The second kappa shape index (κ2) is 5.74. The molecule has 0 saturated heterocycles. The van der Waals surface area contributed by atoms with Crippen molar-refractivity contribution in [3.63, 3.8) is 0 Å². The standard InChI is InChI=1S/C8H14O4/c1-6(8(11)12)7(5-10)3-2-4-9/h7,9-10H,1-5H2,(H,11,12)/p-1. The second-order valence-corrected chi connectivity index (χ2v) is 2.56. The first-order valence-electron chi connectivity index (χ1n) is 3.75. The minimum atomic E-state index is -1.34. The van der Waals surface area contributed by atoms with Crippen molar-refractivity contribution < 1.29 is 20.1 Å². The van der Waals surface area contributed by atoms with E-state index in [4.69, 9.17) is 10.2 Å². The van der Waals surface area contributed by atoms with Gasteiger partial charge in [0, 0.05) is 19.1 Å². The van der Waals surface area contributed by atoms with E-state index in [1.807, 2.05) is 0 Å². The van der Waals surface area contributed by atoms with Crippen LogP contribution in [0.15, 0.2) is 12.2 Å². The van der Waals surface area contributed by atoms with Crippen LogP contribution in [0, 0.1) is 5.92 Å². The minimum absolute atomic E-state index is 0.0170. The van der Waals surface area contributed by atoms with Gasteiger partial charge in [0.25, 0.3) is 0 Å². The lowest BCUT2D eigenvalue weighted by Gasteiger charge is -2.16. The Labute approximate surface area is 71.1 Å². The molecule has 1 atom stereocenters. The first-order valence-corrected chi connectivity index (χ1v) is 3.75. The van der Waals surface area contributed by atoms with Crippen molar-refractivity contribution in [3.8, 4) is 0 Å². The van der Waals surface area contributed by atoms with Crippen LogP contribution in [0.3, 0.4) is 0 Å². The highest BCUT2D eigenvalue weighted by Crippen LogP contribution is 2.13. The number of aliphatic hydroxyl groups excluding tert-OH is 2. The van der Waals surface area contributed by atoms with Gasteiger partial charge in [-0.2, -0.15) is 0 Å². The average Bonchev–Trinajstić information content (AvgIpc) is 2.05. The van der Waals surface area contributed by atoms with E-state index in [0.717, 1.165) is 0 Å². The molecular formula is C8H13O4-. The maximum Gasteiger partial charge on any atom is 0.0672 e. The van der Waals surface area contributed by atoms with Crippen LogP contribution in [0.25, 0.3) is 0 Å². The molecule has 0 rings (SSSR count). The van der Waals surface area contributed by atoms with Gasteiger partial charge in [-0.1, -0.05) is 6.58 Å². The van der Waals surface area contributed by atoms with Gasteiger partial charge in [0.1, 0.15) is 0 Å². The molecule has 70 valence electrons. The Morgan fingerprint density at radius 1 is 1.50 bits per heavy atom. The highest BCUT2D eigenvalue weighted by Gasteiger charge is 2.11. The number of aliphatic carboxylic acids is 1. The molecule has 0 radical (unpaired) electrons. The molecule has 0 fully saturated rings. The molecule has 0 aliphatic rings. The summed E-state index contributed by atoms with van der Waals surface area (Å²) in [5.74, 6) is -1.84. The van der Waals surface area contributed by atoms with E-state index < -0.39 is 11.9 Å². The van der Waals surface area contributed by atoms with E-state index in [0.29, 0.717) is 12.8 Å². The molecule has 1 unspecified atom stereocenters. The lowest BCUT2D eigenvalue weighted by Crippen LogP contribution is -2.29. The Hall–Kier alpha value is -0.870. The third-order valence-corrected chi connectivity index (χ3v) is 1.69. The quantitative estimate of drug-likeness (QED) is 0.488. The van der Waals surface area contributed by atoms with Gasteiger partial charge in [0.2, 0.25) is 0 Å².